The highest BCUT2D eigenvalue weighted by molar-refractivity contribution is 5.27. The molecule has 0 radical (unpaired) electrons. The second-order valence-electron chi connectivity index (χ2n) is 5.30. The summed E-state index contributed by atoms with van der Waals surface area (Å²) in [5, 5.41) is 7.28. The van der Waals surface area contributed by atoms with E-state index in [0.717, 1.165) is 26.3 Å². The van der Waals surface area contributed by atoms with Gasteiger partial charge in [-0.1, -0.05) is 60.7 Å². The topological polar surface area (TPSA) is 33.3 Å². The number of benzene rings is 2. The molecule has 3 heteroatoms. The predicted octanol–water partition coefficient (Wildman–Crippen LogP) is 2.68. The molecule has 1 saturated heterocycles. The van der Waals surface area contributed by atoms with E-state index >= 15 is 0 Å². The molecule has 0 aliphatic carbocycles. The standard InChI is InChI=1S/C18H22N2O/c1-3-7-15(8-4-1)17-18(16-9-5-2-6-10-16)20-12-14-21-13-11-19-17/h1-10,17-20H,11-14H2. The fourth-order valence-corrected chi connectivity index (χ4v) is 2.85. The van der Waals surface area contributed by atoms with Crippen LogP contribution in [0.25, 0.3) is 0 Å². The van der Waals surface area contributed by atoms with Crippen LogP contribution in [-0.2, 0) is 4.74 Å². The lowest BCUT2D eigenvalue weighted by molar-refractivity contribution is 0.142. The van der Waals surface area contributed by atoms with Gasteiger partial charge >= 0.3 is 0 Å². The van der Waals surface area contributed by atoms with Crippen molar-refractivity contribution >= 4 is 0 Å². The summed E-state index contributed by atoms with van der Waals surface area (Å²) in [6.45, 7) is 3.24. The Labute approximate surface area is 126 Å². The molecule has 2 atom stereocenters. The Balaban J connectivity index is 1.92. The second kappa shape index (κ2) is 7.36. The van der Waals surface area contributed by atoms with Crippen molar-refractivity contribution in [2.24, 2.45) is 0 Å². The minimum atomic E-state index is 0.246. The van der Waals surface area contributed by atoms with Gasteiger partial charge in [0.15, 0.2) is 0 Å². The lowest BCUT2D eigenvalue weighted by Crippen LogP contribution is -2.36. The Bertz CT molecular complexity index is 480. The van der Waals surface area contributed by atoms with Crippen LogP contribution in [0, 0.1) is 0 Å². The van der Waals surface area contributed by atoms with Crippen LogP contribution in [0.5, 0.6) is 0 Å². The Kier molecular flexibility index (Phi) is 5.00. The van der Waals surface area contributed by atoms with Crippen LogP contribution in [0.1, 0.15) is 23.2 Å². The van der Waals surface area contributed by atoms with Crippen molar-refractivity contribution in [1.29, 1.82) is 0 Å². The summed E-state index contributed by atoms with van der Waals surface area (Å²) < 4.78 is 5.60. The normalized spacial score (nSPS) is 23.8. The highest BCUT2D eigenvalue weighted by atomic mass is 16.5. The van der Waals surface area contributed by atoms with Gasteiger partial charge in [-0.25, -0.2) is 0 Å². The van der Waals surface area contributed by atoms with Crippen molar-refractivity contribution < 1.29 is 4.74 Å². The summed E-state index contributed by atoms with van der Waals surface area (Å²) >= 11 is 0. The van der Waals surface area contributed by atoms with E-state index in [1.807, 2.05) is 0 Å². The van der Waals surface area contributed by atoms with Gasteiger partial charge in [0.25, 0.3) is 0 Å². The van der Waals surface area contributed by atoms with Gasteiger partial charge in [0.1, 0.15) is 0 Å². The van der Waals surface area contributed by atoms with Crippen LogP contribution in [0.3, 0.4) is 0 Å². The van der Waals surface area contributed by atoms with E-state index in [1.54, 1.807) is 0 Å². The van der Waals surface area contributed by atoms with Crippen molar-refractivity contribution in [3.05, 3.63) is 71.8 Å². The first kappa shape index (κ1) is 14.3. The Morgan fingerprint density at radius 1 is 0.667 bits per heavy atom. The first-order valence-corrected chi connectivity index (χ1v) is 7.59. The van der Waals surface area contributed by atoms with Gasteiger partial charge in [0, 0.05) is 13.1 Å². The molecule has 0 saturated carbocycles. The molecule has 0 bridgehead atoms. The maximum atomic E-state index is 5.60. The molecule has 3 rings (SSSR count). The van der Waals surface area contributed by atoms with Crippen LogP contribution >= 0.6 is 0 Å². The van der Waals surface area contributed by atoms with Crippen molar-refractivity contribution in [1.82, 2.24) is 10.6 Å². The van der Waals surface area contributed by atoms with Crippen LogP contribution in [0.15, 0.2) is 60.7 Å². The molecule has 1 heterocycles. The molecule has 110 valence electrons. The van der Waals surface area contributed by atoms with Gasteiger partial charge in [-0.15, -0.1) is 0 Å². The van der Waals surface area contributed by atoms with E-state index in [0.29, 0.717) is 0 Å². The summed E-state index contributed by atoms with van der Waals surface area (Å²) in [6, 6.07) is 21.8. The van der Waals surface area contributed by atoms with E-state index in [9.17, 15) is 0 Å². The fraction of sp³-hybridized carbons (Fsp3) is 0.333. The number of hydrogen-bond donors (Lipinski definition) is 2. The van der Waals surface area contributed by atoms with E-state index in [-0.39, 0.29) is 12.1 Å². The number of ether oxygens (including phenoxy) is 1. The third-order valence-corrected chi connectivity index (χ3v) is 3.87. The lowest BCUT2D eigenvalue weighted by atomic mass is 9.93. The van der Waals surface area contributed by atoms with Crippen molar-refractivity contribution in [2.75, 3.05) is 26.3 Å². The Hall–Kier alpha value is -1.68. The van der Waals surface area contributed by atoms with Crippen molar-refractivity contribution in [3.63, 3.8) is 0 Å². The summed E-state index contributed by atoms with van der Waals surface area (Å²) in [5.74, 6) is 0. The van der Waals surface area contributed by atoms with Gasteiger partial charge < -0.3 is 15.4 Å². The molecule has 3 nitrogen and oxygen atoms in total. The molecule has 21 heavy (non-hydrogen) atoms. The first-order chi connectivity index (χ1) is 10.4. The van der Waals surface area contributed by atoms with Gasteiger partial charge in [-0.05, 0) is 11.1 Å². The molecule has 2 unspecified atom stereocenters. The molecule has 2 N–H and O–H groups in total. The van der Waals surface area contributed by atoms with E-state index in [2.05, 4.69) is 71.3 Å². The molecule has 1 aliphatic heterocycles. The Morgan fingerprint density at radius 3 is 1.52 bits per heavy atom. The molecule has 0 amide bonds. The van der Waals surface area contributed by atoms with Crippen LogP contribution in [0.4, 0.5) is 0 Å². The molecular weight excluding hydrogens is 260 g/mol. The van der Waals surface area contributed by atoms with Gasteiger partial charge in [0.2, 0.25) is 0 Å². The third kappa shape index (κ3) is 3.70. The largest absolute Gasteiger partial charge is 0.379 e. The highest BCUT2D eigenvalue weighted by Gasteiger charge is 2.24. The van der Waals surface area contributed by atoms with E-state index < -0.39 is 0 Å². The average molecular weight is 282 g/mol. The van der Waals surface area contributed by atoms with Crippen molar-refractivity contribution in [2.45, 2.75) is 12.1 Å². The zero-order valence-electron chi connectivity index (χ0n) is 12.2. The molecule has 0 spiro atoms. The number of rotatable bonds is 2. The number of hydrogen-bond acceptors (Lipinski definition) is 3. The molecule has 0 aromatic heterocycles. The van der Waals surface area contributed by atoms with Crippen LogP contribution in [0.2, 0.25) is 0 Å². The maximum Gasteiger partial charge on any atom is 0.0591 e. The zero-order valence-corrected chi connectivity index (χ0v) is 12.2. The quantitative estimate of drug-likeness (QED) is 0.888. The maximum absolute atomic E-state index is 5.60. The predicted molar refractivity (Wildman–Crippen MR) is 85.2 cm³/mol. The van der Waals surface area contributed by atoms with E-state index in [4.69, 9.17) is 4.74 Å². The SMILES string of the molecule is c1ccc(C2NCCOCCNC2c2ccccc2)cc1. The monoisotopic (exact) mass is 282 g/mol. The summed E-state index contributed by atoms with van der Waals surface area (Å²) in [4.78, 5) is 0. The molecular formula is C18H22N2O. The first-order valence-electron chi connectivity index (χ1n) is 7.59. The third-order valence-electron chi connectivity index (χ3n) is 3.87. The minimum absolute atomic E-state index is 0.246. The van der Waals surface area contributed by atoms with Crippen molar-refractivity contribution in [3.8, 4) is 0 Å². The van der Waals surface area contributed by atoms with Gasteiger partial charge in [0.05, 0.1) is 25.3 Å². The zero-order chi connectivity index (χ0) is 14.3. The molecule has 2 aromatic carbocycles. The summed E-state index contributed by atoms with van der Waals surface area (Å²) in [7, 11) is 0. The van der Waals surface area contributed by atoms with Crippen LogP contribution < -0.4 is 10.6 Å². The highest BCUT2D eigenvalue weighted by Crippen LogP contribution is 2.29. The smallest absolute Gasteiger partial charge is 0.0591 e. The summed E-state index contributed by atoms with van der Waals surface area (Å²) in [5.41, 5.74) is 2.61. The second-order valence-corrected chi connectivity index (χ2v) is 5.30. The lowest BCUT2D eigenvalue weighted by Gasteiger charge is -2.29. The van der Waals surface area contributed by atoms with Gasteiger partial charge in [-0.3, -0.25) is 0 Å². The minimum Gasteiger partial charge on any atom is -0.379 e. The molecule has 2 aromatic rings. The Morgan fingerprint density at radius 2 is 1.10 bits per heavy atom. The molecule has 1 aliphatic rings. The summed E-state index contributed by atoms with van der Waals surface area (Å²) in [6.07, 6.45) is 0. The van der Waals surface area contributed by atoms with Crippen LogP contribution in [-0.4, -0.2) is 26.3 Å². The average Bonchev–Trinajstić information content (AvgIpc) is 2.68. The van der Waals surface area contributed by atoms with E-state index in [1.165, 1.54) is 11.1 Å². The van der Waals surface area contributed by atoms with Gasteiger partial charge in [-0.2, -0.15) is 0 Å². The fourth-order valence-electron chi connectivity index (χ4n) is 2.85. The molecule has 1 fully saturated rings. The number of nitrogens with one attached hydrogen (secondary N) is 2.